The third-order valence-electron chi connectivity index (χ3n) is 0.278. The zero-order valence-electron chi connectivity index (χ0n) is 4.34. The summed E-state index contributed by atoms with van der Waals surface area (Å²) in [5.41, 5.74) is 0. The van der Waals surface area contributed by atoms with Crippen LogP contribution < -0.4 is 0 Å². The lowest BCUT2D eigenvalue weighted by atomic mass is 10.5. The second-order valence-electron chi connectivity index (χ2n) is 1.32. The Hall–Kier alpha value is -0.750. The van der Waals surface area contributed by atoms with Gasteiger partial charge in [0.1, 0.15) is 6.10 Å². The molecule has 0 heterocycles. The Morgan fingerprint density at radius 3 is 2.29 bits per heavy atom. The topological polar surface area (TPSA) is 42.2 Å². The highest BCUT2D eigenvalue weighted by atomic mass is 17.2. The first-order chi connectivity index (χ1) is 3.27. The van der Waals surface area contributed by atoms with Crippen molar-refractivity contribution in [2.75, 3.05) is 0 Å². The molecule has 0 radical (unpaired) electrons. The van der Waals surface area contributed by atoms with E-state index >= 15 is 0 Å². The summed E-state index contributed by atoms with van der Waals surface area (Å²) in [6, 6.07) is 0. The lowest BCUT2D eigenvalue weighted by Gasteiger charge is -1.96. The van der Waals surface area contributed by atoms with Crippen molar-refractivity contribution in [1.82, 2.24) is 0 Å². The van der Waals surface area contributed by atoms with Crippen LogP contribution in [0.4, 0.5) is 0 Å². The molecular formula is C4H7NO2. The molecule has 3 heteroatoms. The van der Waals surface area contributed by atoms with Crippen LogP contribution in [0.3, 0.4) is 0 Å². The smallest absolute Gasteiger partial charge is 0.254 e. The minimum Gasteiger partial charge on any atom is -0.254 e. The molecule has 0 unspecified atom stereocenters. The van der Waals surface area contributed by atoms with Crippen LogP contribution in [0, 0.1) is 11.5 Å². The Bertz CT molecular complexity index is 74.2. The molecule has 0 amide bonds. The maximum Gasteiger partial charge on any atom is 0.324 e. The van der Waals surface area contributed by atoms with Crippen molar-refractivity contribution in [2.45, 2.75) is 20.0 Å². The summed E-state index contributed by atoms with van der Waals surface area (Å²) < 4.78 is 0. The fourth-order valence-corrected chi connectivity index (χ4v) is 0.118. The zero-order valence-corrected chi connectivity index (χ0v) is 4.34. The van der Waals surface area contributed by atoms with Gasteiger partial charge in [-0.1, -0.05) is 0 Å². The first-order valence-corrected chi connectivity index (χ1v) is 1.98. The fraction of sp³-hybridized carbons (Fsp3) is 0.750. The maximum atomic E-state index is 7.72. The third-order valence-corrected chi connectivity index (χ3v) is 0.278. The van der Waals surface area contributed by atoms with Crippen LogP contribution in [0.2, 0.25) is 0 Å². The Morgan fingerprint density at radius 1 is 1.57 bits per heavy atom. The van der Waals surface area contributed by atoms with E-state index < -0.39 is 0 Å². The summed E-state index contributed by atoms with van der Waals surface area (Å²) in [5.74, 6) is 0. The molecule has 7 heavy (non-hydrogen) atoms. The van der Waals surface area contributed by atoms with Gasteiger partial charge in [-0.25, -0.2) is 0 Å². The molecule has 40 valence electrons. The van der Waals surface area contributed by atoms with E-state index in [1.807, 2.05) is 0 Å². The molecule has 0 saturated carbocycles. The largest absolute Gasteiger partial charge is 0.324 e. The summed E-state index contributed by atoms with van der Waals surface area (Å²) in [4.78, 5) is 8.23. The molecule has 3 nitrogen and oxygen atoms in total. The lowest BCUT2D eigenvalue weighted by molar-refractivity contribution is -0.264. The molecule has 0 aliphatic rings. The molecule has 0 aromatic heterocycles. The van der Waals surface area contributed by atoms with Crippen molar-refractivity contribution in [3.05, 3.63) is 0 Å². The minimum absolute atomic E-state index is 0.0420. The van der Waals surface area contributed by atoms with E-state index in [9.17, 15) is 0 Å². The molecule has 0 aliphatic heterocycles. The van der Waals surface area contributed by atoms with Gasteiger partial charge in [0.2, 0.25) is 0 Å². The maximum absolute atomic E-state index is 7.72. The Morgan fingerprint density at radius 2 is 2.14 bits per heavy atom. The van der Waals surface area contributed by atoms with E-state index in [2.05, 4.69) is 9.78 Å². The van der Waals surface area contributed by atoms with Crippen molar-refractivity contribution >= 4 is 0 Å². The summed E-state index contributed by atoms with van der Waals surface area (Å²) in [7, 11) is 0. The van der Waals surface area contributed by atoms with Crippen LogP contribution in [-0.2, 0) is 9.78 Å². The molecule has 0 N–H and O–H groups in total. The van der Waals surface area contributed by atoms with Gasteiger partial charge < -0.3 is 0 Å². The highest BCUT2D eigenvalue weighted by Crippen LogP contribution is 1.85. The second-order valence-corrected chi connectivity index (χ2v) is 1.32. The summed E-state index contributed by atoms with van der Waals surface area (Å²) in [6.07, 6.45) is 1.33. The van der Waals surface area contributed by atoms with Crippen LogP contribution in [0.15, 0.2) is 0 Å². The number of nitrogens with zero attached hydrogens (tertiary/aromatic N) is 1. The predicted octanol–water partition coefficient (Wildman–Crippen LogP) is 0.824. The first-order valence-electron chi connectivity index (χ1n) is 1.98. The monoisotopic (exact) mass is 101 g/mol. The standard InChI is InChI=1S/C4H7NO2/c1-4(2)7-6-3-5/h4H,1-2H3. The van der Waals surface area contributed by atoms with Gasteiger partial charge >= 0.3 is 6.26 Å². The summed E-state index contributed by atoms with van der Waals surface area (Å²) in [5, 5.41) is 7.72. The van der Waals surface area contributed by atoms with Gasteiger partial charge in [-0.15, -0.1) is 5.26 Å². The number of nitriles is 1. The number of rotatable bonds is 2. The van der Waals surface area contributed by atoms with Gasteiger partial charge in [0, 0.05) is 0 Å². The van der Waals surface area contributed by atoms with Crippen molar-refractivity contribution in [3.8, 4) is 6.26 Å². The van der Waals surface area contributed by atoms with Crippen molar-refractivity contribution in [3.63, 3.8) is 0 Å². The van der Waals surface area contributed by atoms with Crippen molar-refractivity contribution < 1.29 is 9.78 Å². The van der Waals surface area contributed by atoms with Crippen LogP contribution in [0.1, 0.15) is 13.8 Å². The summed E-state index contributed by atoms with van der Waals surface area (Å²) >= 11 is 0. The van der Waals surface area contributed by atoms with Gasteiger partial charge in [0.15, 0.2) is 0 Å². The van der Waals surface area contributed by atoms with Crippen LogP contribution in [0.5, 0.6) is 0 Å². The fourth-order valence-electron chi connectivity index (χ4n) is 0.118. The van der Waals surface area contributed by atoms with Crippen molar-refractivity contribution in [2.24, 2.45) is 0 Å². The molecule has 0 aromatic carbocycles. The Balaban J connectivity index is 2.86. The van der Waals surface area contributed by atoms with E-state index in [-0.39, 0.29) is 6.10 Å². The van der Waals surface area contributed by atoms with Crippen LogP contribution in [0.25, 0.3) is 0 Å². The first kappa shape index (κ1) is 6.25. The molecule has 0 rings (SSSR count). The molecule has 0 atom stereocenters. The van der Waals surface area contributed by atoms with Gasteiger partial charge in [0.05, 0.1) is 0 Å². The molecule has 0 fully saturated rings. The highest BCUT2D eigenvalue weighted by Gasteiger charge is 1.89. The van der Waals surface area contributed by atoms with Gasteiger partial charge in [-0.05, 0) is 13.8 Å². The van der Waals surface area contributed by atoms with Gasteiger partial charge in [-0.3, -0.25) is 4.89 Å². The molecule has 0 aromatic rings. The van der Waals surface area contributed by atoms with E-state index in [4.69, 9.17) is 5.26 Å². The van der Waals surface area contributed by atoms with Gasteiger partial charge in [0.25, 0.3) is 0 Å². The van der Waals surface area contributed by atoms with Gasteiger partial charge in [-0.2, -0.15) is 4.89 Å². The average Bonchev–Trinajstić information content (AvgIpc) is 1.61. The third kappa shape index (κ3) is 5.25. The van der Waals surface area contributed by atoms with E-state index in [0.29, 0.717) is 0 Å². The number of hydrogen-bond donors (Lipinski definition) is 0. The zero-order chi connectivity index (χ0) is 5.70. The van der Waals surface area contributed by atoms with Crippen molar-refractivity contribution in [1.29, 1.82) is 5.26 Å². The quantitative estimate of drug-likeness (QED) is 0.294. The average molecular weight is 101 g/mol. The Labute approximate surface area is 42.4 Å². The molecule has 0 bridgehead atoms. The molecule has 0 saturated heterocycles. The lowest BCUT2D eigenvalue weighted by Crippen LogP contribution is -1.99. The van der Waals surface area contributed by atoms with Crippen LogP contribution >= 0.6 is 0 Å². The Kier molecular flexibility index (Phi) is 3.07. The van der Waals surface area contributed by atoms with E-state index in [0.717, 1.165) is 0 Å². The van der Waals surface area contributed by atoms with E-state index in [1.54, 1.807) is 13.8 Å². The SMILES string of the molecule is CC(C)OOC#N. The highest BCUT2D eigenvalue weighted by molar-refractivity contribution is 4.39. The second kappa shape index (κ2) is 3.44. The van der Waals surface area contributed by atoms with Crippen LogP contribution in [-0.4, -0.2) is 6.10 Å². The minimum atomic E-state index is -0.0420. The predicted molar refractivity (Wildman–Crippen MR) is 22.9 cm³/mol. The molecule has 0 aliphatic carbocycles. The van der Waals surface area contributed by atoms with E-state index in [1.165, 1.54) is 6.26 Å². The number of hydrogen-bond acceptors (Lipinski definition) is 3. The summed E-state index contributed by atoms with van der Waals surface area (Å²) in [6.45, 7) is 3.55. The molecular weight excluding hydrogens is 94.0 g/mol. The molecule has 0 spiro atoms. The normalized spacial score (nSPS) is 8.29.